The van der Waals surface area contributed by atoms with Crippen LogP contribution in [0.2, 0.25) is 0 Å². The SMILES string of the molecule is CCC(C#N)Oc1ccc2c(C(=O)O)c3ccccc3n2c1. The van der Waals surface area contributed by atoms with Crippen LogP contribution in [0.1, 0.15) is 23.7 Å². The summed E-state index contributed by atoms with van der Waals surface area (Å²) in [5, 5.41) is 19.1. The molecular weight excluding hydrogens is 280 g/mol. The Morgan fingerprint density at radius 1 is 1.32 bits per heavy atom. The van der Waals surface area contributed by atoms with E-state index in [-0.39, 0.29) is 5.56 Å². The maximum atomic E-state index is 11.6. The molecule has 1 unspecified atom stereocenters. The van der Waals surface area contributed by atoms with Crippen LogP contribution in [0.15, 0.2) is 42.6 Å². The fraction of sp³-hybridized carbons (Fsp3) is 0.176. The summed E-state index contributed by atoms with van der Waals surface area (Å²) in [6.07, 6.45) is 1.80. The van der Waals surface area contributed by atoms with Crippen molar-refractivity contribution in [3.05, 3.63) is 48.2 Å². The lowest BCUT2D eigenvalue weighted by molar-refractivity contribution is 0.0701. The standard InChI is InChI=1S/C17H14N2O3/c1-2-11(9-18)22-12-7-8-15-16(17(20)21)13-5-3-4-6-14(13)19(15)10-12/h3-8,10-11H,2H2,1H3,(H,20,21). The number of carboxylic acid groups (broad SMARTS) is 1. The number of carboxylic acids is 1. The number of aromatic nitrogens is 1. The molecule has 3 rings (SSSR count). The van der Waals surface area contributed by atoms with Gasteiger partial charge in [-0.3, -0.25) is 0 Å². The lowest BCUT2D eigenvalue weighted by Gasteiger charge is -2.10. The molecule has 0 radical (unpaired) electrons. The van der Waals surface area contributed by atoms with E-state index in [1.807, 2.05) is 25.1 Å². The molecule has 22 heavy (non-hydrogen) atoms. The summed E-state index contributed by atoms with van der Waals surface area (Å²) in [7, 11) is 0. The van der Waals surface area contributed by atoms with Crippen LogP contribution in [0.3, 0.4) is 0 Å². The second-order valence-electron chi connectivity index (χ2n) is 4.96. The maximum absolute atomic E-state index is 11.6. The molecule has 2 heterocycles. The third kappa shape index (κ3) is 2.15. The highest BCUT2D eigenvalue weighted by molar-refractivity contribution is 6.11. The average Bonchev–Trinajstić information content (AvgIpc) is 2.86. The van der Waals surface area contributed by atoms with E-state index < -0.39 is 12.1 Å². The van der Waals surface area contributed by atoms with Gasteiger partial charge in [0, 0.05) is 5.39 Å². The third-order valence-corrected chi connectivity index (χ3v) is 3.62. The van der Waals surface area contributed by atoms with Crippen LogP contribution in [0.25, 0.3) is 16.4 Å². The van der Waals surface area contributed by atoms with Crippen molar-refractivity contribution in [1.82, 2.24) is 4.40 Å². The first-order valence-corrected chi connectivity index (χ1v) is 6.98. The van der Waals surface area contributed by atoms with Gasteiger partial charge in [-0.05, 0) is 24.6 Å². The van der Waals surface area contributed by atoms with Gasteiger partial charge in [-0.2, -0.15) is 5.26 Å². The largest absolute Gasteiger partial charge is 0.478 e. The second kappa shape index (κ2) is 5.41. The van der Waals surface area contributed by atoms with Gasteiger partial charge in [0.25, 0.3) is 0 Å². The third-order valence-electron chi connectivity index (χ3n) is 3.62. The average molecular weight is 294 g/mol. The van der Waals surface area contributed by atoms with Crippen molar-refractivity contribution < 1.29 is 14.6 Å². The molecule has 3 aromatic rings. The number of carbonyl (C=O) groups is 1. The predicted octanol–water partition coefficient (Wildman–Crippen LogP) is 3.47. The fourth-order valence-electron chi connectivity index (χ4n) is 2.58. The number of nitriles is 1. The maximum Gasteiger partial charge on any atom is 0.338 e. The Hall–Kier alpha value is -3.00. The van der Waals surface area contributed by atoms with Crippen molar-refractivity contribution in [2.24, 2.45) is 0 Å². The van der Waals surface area contributed by atoms with E-state index in [2.05, 4.69) is 6.07 Å². The van der Waals surface area contributed by atoms with Crippen molar-refractivity contribution in [3.63, 3.8) is 0 Å². The van der Waals surface area contributed by atoms with E-state index in [1.165, 1.54) is 0 Å². The first-order valence-electron chi connectivity index (χ1n) is 6.98. The zero-order valence-corrected chi connectivity index (χ0v) is 12.0. The molecule has 0 amide bonds. The minimum absolute atomic E-state index is 0.273. The van der Waals surface area contributed by atoms with E-state index in [9.17, 15) is 9.90 Å². The van der Waals surface area contributed by atoms with Crippen LogP contribution < -0.4 is 4.74 Å². The molecule has 0 aliphatic heterocycles. The molecule has 0 spiro atoms. The Labute approximate surface area is 127 Å². The molecule has 0 saturated heterocycles. The Bertz CT molecular complexity index is 905. The molecule has 1 atom stereocenters. The van der Waals surface area contributed by atoms with Gasteiger partial charge in [-0.1, -0.05) is 25.1 Å². The van der Waals surface area contributed by atoms with Gasteiger partial charge in [0.2, 0.25) is 0 Å². The molecule has 110 valence electrons. The van der Waals surface area contributed by atoms with E-state index in [0.717, 1.165) is 5.52 Å². The van der Waals surface area contributed by atoms with Crippen LogP contribution in [-0.4, -0.2) is 21.6 Å². The zero-order valence-electron chi connectivity index (χ0n) is 12.0. The normalized spacial score (nSPS) is 12.2. The number of benzene rings is 1. The highest BCUT2D eigenvalue weighted by atomic mass is 16.5. The van der Waals surface area contributed by atoms with E-state index in [0.29, 0.717) is 23.1 Å². The van der Waals surface area contributed by atoms with Gasteiger partial charge >= 0.3 is 5.97 Å². The highest BCUT2D eigenvalue weighted by Crippen LogP contribution is 2.29. The minimum atomic E-state index is -0.962. The number of hydrogen-bond acceptors (Lipinski definition) is 3. The van der Waals surface area contributed by atoms with Gasteiger partial charge in [0.1, 0.15) is 11.8 Å². The Kier molecular flexibility index (Phi) is 3.43. The van der Waals surface area contributed by atoms with Crippen molar-refractivity contribution in [3.8, 4) is 11.8 Å². The number of para-hydroxylation sites is 1. The van der Waals surface area contributed by atoms with Crippen LogP contribution in [0.5, 0.6) is 5.75 Å². The molecule has 0 aliphatic rings. The molecule has 5 nitrogen and oxygen atoms in total. The van der Waals surface area contributed by atoms with Crippen molar-refractivity contribution in [2.75, 3.05) is 0 Å². The van der Waals surface area contributed by atoms with Crippen molar-refractivity contribution in [2.45, 2.75) is 19.4 Å². The highest BCUT2D eigenvalue weighted by Gasteiger charge is 2.17. The fourth-order valence-corrected chi connectivity index (χ4v) is 2.58. The van der Waals surface area contributed by atoms with E-state index in [1.54, 1.807) is 28.8 Å². The Morgan fingerprint density at radius 3 is 2.77 bits per heavy atom. The molecule has 0 fully saturated rings. The molecule has 5 heteroatoms. The number of rotatable bonds is 4. The van der Waals surface area contributed by atoms with Gasteiger partial charge in [-0.25, -0.2) is 4.79 Å². The summed E-state index contributed by atoms with van der Waals surface area (Å²) in [4.78, 5) is 11.6. The summed E-state index contributed by atoms with van der Waals surface area (Å²) in [6, 6.07) is 12.8. The Morgan fingerprint density at radius 2 is 2.09 bits per heavy atom. The second-order valence-corrected chi connectivity index (χ2v) is 4.96. The molecule has 2 aromatic heterocycles. The first kappa shape index (κ1) is 14.0. The van der Waals surface area contributed by atoms with Gasteiger partial charge in [0.15, 0.2) is 6.10 Å². The zero-order chi connectivity index (χ0) is 15.7. The summed E-state index contributed by atoms with van der Waals surface area (Å²) < 4.78 is 7.40. The number of nitrogens with zero attached hydrogens (tertiary/aromatic N) is 2. The topological polar surface area (TPSA) is 74.7 Å². The van der Waals surface area contributed by atoms with E-state index >= 15 is 0 Å². The predicted molar refractivity (Wildman–Crippen MR) is 82.2 cm³/mol. The number of aromatic carboxylic acids is 1. The smallest absolute Gasteiger partial charge is 0.338 e. The van der Waals surface area contributed by atoms with Crippen LogP contribution in [0, 0.1) is 11.3 Å². The van der Waals surface area contributed by atoms with Crippen LogP contribution in [0.4, 0.5) is 0 Å². The number of hydrogen-bond donors (Lipinski definition) is 1. The van der Waals surface area contributed by atoms with Gasteiger partial charge < -0.3 is 14.2 Å². The minimum Gasteiger partial charge on any atom is -0.478 e. The summed E-state index contributed by atoms with van der Waals surface area (Å²) in [5.74, 6) is -0.422. The van der Waals surface area contributed by atoms with Crippen molar-refractivity contribution in [1.29, 1.82) is 5.26 Å². The molecule has 0 saturated carbocycles. The lowest BCUT2D eigenvalue weighted by atomic mass is 10.1. The van der Waals surface area contributed by atoms with Crippen LogP contribution >= 0.6 is 0 Å². The van der Waals surface area contributed by atoms with Gasteiger partial charge in [0.05, 0.1) is 22.8 Å². The first-order chi connectivity index (χ1) is 10.7. The quantitative estimate of drug-likeness (QED) is 0.799. The number of pyridine rings is 1. The molecular formula is C17H14N2O3. The number of fused-ring (bicyclic) bond motifs is 3. The van der Waals surface area contributed by atoms with Gasteiger partial charge in [-0.15, -0.1) is 0 Å². The molecule has 1 aromatic carbocycles. The van der Waals surface area contributed by atoms with Crippen molar-refractivity contribution >= 4 is 22.4 Å². The summed E-state index contributed by atoms with van der Waals surface area (Å²) >= 11 is 0. The Balaban J connectivity index is 2.23. The lowest BCUT2D eigenvalue weighted by Crippen LogP contribution is -2.12. The van der Waals surface area contributed by atoms with Crippen LogP contribution in [-0.2, 0) is 0 Å². The molecule has 1 N–H and O–H groups in total. The monoisotopic (exact) mass is 294 g/mol. The van der Waals surface area contributed by atoms with E-state index in [4.69, 9.17) is 10.00 Å². The number of ether oxygens (including phenoxy) is 1. The molecule has 0 bridgehead atoms. The molecule has 0 aliphatic carbocycles. The summed E-state index contributed by atoms with van der Waals surface area (Å²) in [6.45, 7) is 1.88. The summed E-state index contributed by atoms with van der Waals surface area (Å²) in [5.41, 5.74) is 1.67.